The zero-order valence-corrected chi connectivity index (χ0v) is 16.3. The van der Waals surface area contributed by atoms with E-state index in [4.69, 9.17) is 10.5 Å². The molecule has 1 unspecified atom stereocenters. The number of nitrogens with zero attached hydrogens (tertiary/aromatic N) is 1. The molecule has 0 saturated carbocycles. The van der Waals surface area contributed by atoms with Crippen molar-refractivity contribution < 1.29 is 4.74 Å². The minimum absolute atomic E-state index is 0.129. The Hall–Kier alpha value is -3.25. The van der Waals surface area contributed by atoms with Gasteiger partial charge in [0.25, 0.3) is 0 Å². The van der Waals surface area contributed by atoms with Gasteiger partial charge >= 0.3 is 0 Å². The minimum atomic E-state index is -0.129. The van der Waals surface area contributed by atoms with E-state index in [0.29, 0.717) is 5.57 Å². The minimum Gasteiger partial charge on any atom is -0.440 e. The number of nitrogens with two attached hydrogens (primary N) is 1. The van der Waals surface area contributed by atoms with Crippen molar-refractivity contribution in [3.8, 4) is 6.07 Å². The van der Waals surface area contributed by atoms with Gasteiger partial charge in [0.1, 0.15) is 17.4 Å². The summed E-state index contributed by atoms with van der Waals surface area (Å²) in [6, 6.07) is 19.1. The molecule has 1 atom stereocenters. The summed E-state index contributed by atoms with van der Waals surface area (Å²) in [6.07, 6.45) is 5.09. The zero-order valence-electron chi connectivity index (χ0n) is 16.3. The van der Waals surface area contributed by atoms with Crippen LogP contribution in [0.4, 0.5) is 0 Å². The quantitative estimate of drug-likeness (QED) is 0.747. The molecule has 0 aromatic heterocycles. The molecule has 2 N–H and O–H groups in total. The van der Waals surface area contributed by atoms with Gasteiger partial charge in [0, 0.05) is 5.92 Å². The number of allylic oxidation sites excluding steroid dienone is 3. The normalized spacial score (nSPS) is 20.6. The number of hydrogen-bond acceptors (Lipinski definition) is 3. The molecule has 1 aliphatic carbocycles. The molecule has 140 valence electrons. The Bertz CT molecular complexity index is 1030. The van der Waals surface area contributed by atoms with Crippen molar-refractivity contribution in [2.24, 2.45) is 5.73 Å². The van der Waals surface area contributed by atoms with E-state index in [1.807, 2.05) is 0 Å². The maximum Gasteiger partial charge on any atom is 0.205 e. The first-order valence-corrected chi connectivity index (χ1v) is 9.71. The molecule has 3 heteroatoms. The topological polar surface area (TPSA) is 59.0 Å². The highest BCUT2D eigenvalue weighted by molar-refractivity contribution is 5.62. The van der Waals surface area contributed by atoms with Gasteiger partial charge in [0.05, 0.1) is 0 Å². The molecule has 0 radical (unpaired) electrons. The molecule has 2 aromatic carbocycles. The number of rotatable bonds is 2. The largest absolute Gasteiger partial charge is 0.440 e. The molecule has 28 heavy (non-hydrogen) atoms. The Morgan fingerprint density at radius 1 is 1.00 bits per heavy atom. The average molecular weight is 368 g/mol. The third-order valence-electron chi connectivity index (χ3n) is 5.54. The lowest BCUT2D eigenvalue weighted by atomic mass is 9.77. The Morgan fingerprint density at radius 3 is 2.29 bits per heavy atom. The van der Waals surface area contributed by atoms with Crippen LogP contribution >= 0.6 is 0 Å². The lowest BCUT2D eigenvalue weighted by molar-refractivity contribution is 0.277. The number of nitriles is 1. The second-order valence-corrected chi connectivity index (χ2v) is 7.62. The Kier molecular flexibility index (Phi) is 4.79. The molecule has 3 nitrogen and oxygen atoms in total. The van der Waals surface area contributed by atoms with Gasteiger partial charge in [0.2, 0.25) is 5.88 Å². The monoisotopic (exact) mass is 368 g/mol. The Balaban J connectivity index is 1.82. The van der Waals surface area contributed by atoms with Crippen LogP contribution in [-0.4, -0.2) is 0 Å². The van der Waals surface area contributed by atoms with Gasteiger partial charge in [-0.3, -0.25) is 0 Å². The molecule has 0 spiro atoms. The van der Waals surface area contributed by atoms with Crippen LogP contribution in [0.5, 0.6) is 0 Å². The van der Waals surface area contributed by atoms with Crippen LogP contribution in [0, 0.1) is 25.2 Å². The summed E-state index contributed by atoms with van der Waals surface area (Å²) in [4.78, 5) is 0. The van der Waals surface area contributed by atoms with Crippen molar-refractivity contribution in [1.82, 2.24) is 0 Å². The van der Waals surface area contributed by atoms with E-state index in [2.05, 4.69) is 74.5 Å². The molecule has 1 aliphatic heterocycles. The second-order valence-electron chi connectivity index (χ2n) is 7.62. The predicted octanol–water partition coefficient (Wildman–Crippen LogP) is 5.63. The summed E-state index contributed by atoms with van der Waals surface area (Å²) >= 11 is 0. The van der Waals surface area contributed by atoms with E-state index in [1.165, 1.54) is 16.7 Å². The fourth-order valence-corrected chi connectivity index (χ4v) is 4.04. The van der Waals surface area contributed by atoms with Crippen molar-refractivity contribution in [2.45, 2.75) is 39.0 Å². The van der Waals surface area contributed by atoms with Crippen LogP contribution in [0.2, 0.25) is 0 Å². The highest BCUT2D eigenvalue weighted by Gasteiger charge is 2.35. The summed E-state index contributed by atoms with van der Waals surface area (Å²) < 4.78 is 6.02. The highest BCUT2D eigenvalue weighted by atomic mass is 16.5. The van der Waals surface area contributed by atoms with Crippen LogP contribution in [0.25, 0.3) is 6.08 Å². The molecule has 2 aliphatic rings. The molecule has 0 bridgehead atoms. The third-order valence-corrected chi connectivity index (χ3v) is 5.54. The van der Waals surface area contributed by atoms with Crippen LogP contribution in [0.15, 0.2) is 76.9 Å². The molecule has 1 heterocycles. The Labute approximate surface area is 166 Å². The second kappa shape index (κ2) is 7.40. The van der Waals surface area contributed by atoms with Gasteiger partial charge in [-0.25, -0.2) is 0 Å². The van der Waals surface area contributed by atoms with Crippen LogP contribution in [0.1, 0.15) is 47.4 Å². The van der Waals surface area contributed by atoms with E-state index in [9.17, 15) is 5.26 Å². The molecular formula is C25H24N2O. The van der Waals surface area contributed by atoms with Gasteiger partial charge in [-0.2, -0.15) is 5.26 Å². The highest BCUT2D eigenvalue weighted by Crippen LogP contribution is 2.46. The summed E-state index contributed by atoms with van der Waals surface area (Å²) in [5.41, 5.74) is 13.7. The van der Waals surface area contributed by atoms with Crippen LogP contribution in [-0.2, 0) is 4.74 Å². The fourth-order valence-electron chi connectivity index (χ4n) is 4.04. The molecule has 2 aromatic rings. The lowest BCUT2D eigenvalue weighted by Crippen LogP contribution is -2.23. The zero-order chi connectivity index (χ0) is 19.7. The summed E-state index contributed by atoms with van der Waals surface area (Å²) in [5, 5.41) is 9.76. The van der Waals surface area contributed by atoms with E-state index in [-0.39, 0.29) is 11.8 Å². The van der Waals surface area contributed by atoms with E-state index in [0.717, 1.165) is 41.7 Å². The number of benzene rings is 2. The van der Waals surface area contributed by atoms with Crippen LogP contribution in [0.3, 0.4) is 0 Å². The first-order valence-electron chi connectivity index (χ1n) is 9.71. The molecule has 0 saturated heterocycles. The predicted molar refractivity (Wildman–Crippen MR) is 112 cm³/mol. The van der Waals surface area contributed by atoms with Gasteiger partial charge in [-0.1, -0.05) is 59.7 Å². The van der Waals surface area contributed by atoms with Crippen molar-refractivity contribution in [2.75, 3.05) is 0 Å². The van der Waals surface area contributed by atoms with Crippen molar-refractivity contribution in [3.63, 3.8) is 0 Å². The third kappa shape index (κ3) is 3.34. The molecule has 4 rings (SSSR count). The molecule has 0 amide bonds. The van der Waals surface area contributed by atoms with Crippen LogP contribution < -0.4 is 5.73 Å². The molecule has 0 fully saturated rings. The number of aryl methyl sites for hydroxylation is 2. The Morgan fingerprint density at radius 2 is 1.64 bits per heavy atom. The van der Waals surface area contributed by atoms with Gasteiger partial charge < -0.3 is 10.5 Å². The lowest BCUT2D eigenvalue weighted by Gasteiger charge is -2.33. The molecular weight excluding hydrogens is 344 g/mol. The first-order chi connectivity index (χ1) is 13.6. The first kappa shape index (κ1) is 18.1. The van der Waals surface area contributed by atoms with Crippen molar-refractivity contribution >= 4 is 6.08 Å². The fraction of sp³-hybridized carbons (Fsp3) is 0.240. The van der Waals surface area contributed by atoms with Crippen molar-refractivity contribution in [1.29, 1.82) is 5.26 Å². The number of hydrogen-bond donors (Lipinski definition) is 1. The maximum absolute atomic E-state index is 9.76. The van der Waals surface area contributed by atoms with Gasteiger partial charge in [-0.05, 0) is 61.5 Å². The number of ether oxygens (including phenoxy) is 1. The summed E-state index contributed by atoms with van der Waals surface area (Å²) in [6.45, 7) is 4.15. The SMILES string of the molecule is Cc1ccc(/C=C2\CCCC3=C2OC(N)=C(C#N)C3c2ccc(C)cc2)cc1. The standard InChI is InChI=1S/C25H24N2O/c1-16-6-10-18(11-7-16)14-20-4-3-5-21-23(19-12-8-17(2)9-13-19)22(15-26)25(27)28-24(20)21/h6-14,23H,3-5,27H2,1-2H3/b20-14+. The van der Waals surface area contributed by atoms with E-state index < -0.39 is 0 Å². The smallest absolute Gasteiger partial charge is 0.205 e. The van der Waals surface area contributed by atoms with E-state index >= 15 is 0 Å². The van der Waals surface area contributed by atoms with Gasteiger partial charge in [-0.15, -0.1) is 0 Å². The summed E-state index contributed by atoms with van der Waals surface area (Å²) in [7, 11) is 0. The average Bonchev–Trinajstić information content (AvgIpc) is 2.70. The van der Waals surface area contributed by atoms with E-state index in [1.54, 1.807) is 0 Å². The van der Waals surface area contributed by atoms with Gasteiger partial charge in [0.15, 0.2) is 0 Å². The summed E-state index contributed by atoms with van der Waals surface area (Å²) in [5.74, 6) is 0.952. The maximum atomic E-state index is 9.76. The van der Waals surface area contributed by atoms with Crippen molar-refractivity contribution in [3.05, 3.63) is 99.1 Å².